The Balaban J connectivity index is 1.75. The number of hydrogen-bond donors (Lipinski definition) is 1. The van der Waals surface area contributed by atoms with Crippen LogP contribution in [-0.4, -0.2) is 64.2 Å². The van der Waals surface area contributed by atoms with Gasteiger partial charge < -0.3 is 19.5 Å². The van der Waals surface area contributed by atoms with Gasteiger partial charge in [0.2, 0.25) is 0 Å². The van der Waals surface area contributed by atoms with E-state index in [0.717, 1.165) is 13.2 Å². The Morgan fingerprint density at radius 3 is 2.35 bits per heavy atom. The molecule has 1 saturated heterocycles. The van der Waals surface area contributed by atoms with E-state index in [1.54, 1.807) is 7.11 Å². The van der Waals surface area contributed by atoms with E-state index in [0.29, 0.717) is 32.5 Å². The van der Waals surface area contributed by atoms with Crippen LogP contribution in [-0.2, 0) is 14.2 Å². The second-order valence-electron chi connectivity index (χ2n) is 4.06. The fraction of sp³-hybridized carbons (Fsp3) is 1.00. The van der Waals surface area contributed by atoms with Crippen LogP contribution in [0.3, 0.4) is 0 Å². The number of hydrogen-bond acceptors (Lipinski definition) is 5. The molecular weight excluding hydrogens is 238 g/mol. The summed E-state index contributed by atoms with van der Waals surface area (Å²) in [5.74, 6) is 2.59. The average molecular weight is 263 g/mol. The molecule has 1 aliphatic rings. The molecule has 1 N–H and O–H groups in total. The van der Waals surface area contributed by atoms with E-state index >= 15 is 0 Å². The lowest BCUT2D eigenvalue weighted by Crippen LogP contribution is -2.35. The van der Waals surface area contributed by atoms with E-state index in [2.05, 4.69) is 17.1 Å². The Labute approximate surface area is 109 Å². The molecule has 0 atom stereocenters. The second kappa shape index (κ2) is 11.3. The molecule has 4 nitrogen and oxygen atoms in total. The molecule has 0 aromatic rings. The van der Waals surface area contributed by atoms with Gasteiger partial charge in [-0.2, -0.15) is 11.8 Å². The van der Waals surface area contributed by atoms with Gasteiger partial charge in [0.05, 0.1) is 33.0 Å². The molecule has 0 bridgehead atoms. The minimum Gasteiger partial charge on any atom is -0.382 e. The van der Waals surface area contributed by atoms with E-state index in [-0.39, 0.29) is 0 Å². The monoisotopic (exact) mass is 263 g/mol. The molecule has 0 saturated carbocycles. The van der Waals surface area contributed by atoms with Gasteiger partial charge in [-0.1, -0.05) is 0 Å². The lowest BCUT2D eigenvalue weighted by molar-refractivity contribution is 0.0252. The van der Waals surface area contributed by atoms with Gasteiger partial charge in [-0.15, -0.1) is 0 Å². The summed E-state index contributed by atoms with van der Waals surface area (Å²) in [4.78, 5) is 0. The van der Waals surface area contributed by atoms with E-state index in [9.17, 15) is 0 Å². The summed E-state index contributed by atoms with van der Waals surface area (Å²) in [7, 11) is 1.68. The van der Waals surface area contributed by atoms with Crippen LogP contribution in [0.2, 0.25) is 0 Å². The Morgan fingerprint density at radius 2 is 1.65 bits per heavy atom. The van der Waals surface area contributed by atoms with Gasteiger partial charge in [-0.3, -0.25) is 0 Å². The van der Waals surface area contributed by atoms with Gasteiger partial charge >= 0.3 is 0 Å². The molecule has 5 heteroatoms. The first kappa shape index (κ1) is 15.2. The number of thioether (sulfide) groups is 1. The van der Waals surface area contributed by atoms with E-state index in [4.69, 9.17) is 14.2 Å². The van der Waals surface area contributed by atoms with Gasteiger partial charge in [-0.05, 0) is 24.3 Å². The predicted octanol–water partition coefficient (Wildman–Crippen LogP) is 1.15. The van der Waals surface area contributed by atoms with Crippen molar-refractivity contribution in [2.45, 2.75) is 18.9 Å². The van der Waals surface area contributed by atoms with Crippen LogP contribution in [0.5, 0.6) is 0 Å². The van der Waals surface area contributed by atoms with Crippen molar-refractivity contribution in [3.8, 4) is 0 Å². The van der Waals surface area contributed by atoms with E-state index in [1.807, 2.05) is 0 Å². The van der Waals surface area contributed by atoms with Crippen LogP contribution in [0.4, 0.5) is 0 Å². The first-order valence-corrected chi connectivity index (χ1v) is 7.54. The standard InChI is InChI=1S/C12H25NO3S/c1-14-6-7-16-9-8-15-5-4-13-12-2-10-17-11-3-12/h12-13H,2-11H2,1H3. The third-order valence-corrected chi connectivity index (χ3v) is 3.75. The Morgan fingerprint density at radius 1 is 1.00 bits per heavy atom. The highest BCUT2D eigenvalue weighted by atomic mass is 32.2. The summed E-state index contributed by atoms with van der Waals surface area (Å²) in [6, 6.07) is 0.706. The number of rotatable bonds is 10. The van der Waals surface area contributed by atoms with Crippen LogP contribution in [0, 0.1) is 0 Å². The SMILES string of the molecule is COCCOCCOCCNC1CCSCC1. The zero-order valence-corrected chi connectivity index (χ0v) is 11.6. The molecule has 0 aromatic carbocycles. The Hall–Kier alpha value is 0.190. The zero-order chi connectivity index (χ0) is 12.2. The summed E-state index contributed by atoms with van der Waals surface area (Å²) >= 11 is 2.06. The number of nitrogens with one attached hydrogen (secondary N) is 1. The molecule has 0 spiro atoms. The minimum absolute atomic E-state index is 0.651. The lowest BCUT2D eigenvalue weighted by atomic mass is 10.1. The average Bonchev–Trinajstić information content (AvgIpc) is 2.38. The molecule has 0 radical (unpaired) electrons. The van der Waals surface area contributed by atoms with E-state index in [1.165, 1.54) is 24.3 Å². The predicted molar refractivity (Wildman–Crippen MR) is 71.9 cm³/mol. The molecule has 0 aromatic heterocycles. The third-order valence-electron chi connectivity index (χ3n) is 2.70. The smallest absolute Gasteiger partial charge is 0.0701 e. The summed E-state index contributed by atoms with van der Waals surface area (Å²) in [5, 5.41) is 3.53. The number of ether oxygens (including phenoxy) is 3. The van der Waals surface area contributed by atoms with Crippen molar-refractivity contribution >= 4 is 11.8 Å². The number of methoxy groups -OCH3 is 1. The van der Waals surface area contributed by atoms with Gasteiger partial charge in [-0.25, -0.2) is 0 Å². The maximum atomic E-state index is 5.47. The lowest BCUT2D eigenvalue weighted by Gasteiger charge is -2.22. The Bertz CT molecular complexity index is 166. The van der Waals surface area contributed by atoms with Crippen molar-refractivity contribution in [1.82, 2.24) is 5.32 Å². The fourth-order valence-electron chi connectivity index (χ4n) is 1.70. The first-order chi connectivity index (χ1) is 8.43. The van der Waals surface area contributed by atoms with Crippen molar-refractivity contribution in [2.24, 2.45) is 0 Å². The summed E-state index contributed by atoms with van der Waals surface area (Å²) < 4.78 is 15.6. The molecule has 1 heterocycles. The molecule has 17 heavy (non-hydrogen) atoms. The normalized spacial score (nSPS) is 17.5. The van der Waals surface area contributed by atoms with Gasteiger partial charge in [0.1, 0.15) is 0 Å². The molecular formula is C12H25NO3S. The van der Waals surface area contributed by atoms with Crippen molar-refractivity contribution in [3.05, 3.63) is 0 Å². The van der Waals surface area contributed by atoms with Gasteiger partial charge in [0, 0.05) is 19.7 Å². The van der Waals surface area contributed by atoms with Crippen molar-refractivity contribution in [2.75, 3.05) is 58.2 Å². The largest absolute Gasteiger partial charge is 0.382 e. The third kappa shape index (κ3) is 8.85. The van der Waals surface area contributed by atoms with E-state index < -0.39 is 0 Å². The molecule has 0 aliphatic carbocycles. The topological polar surface area (TPSA) is 39.7 Å². The quantitative estimate of drug-likeness (QED) is 0.599. The van der Waals surface area contributed by atoms with Crippen LogP contribution in [0.1, 0.15) is 12.8 Å². The van der Waals surface area contributed by atoms with Gasteiger partial charge in [0.15, 0.2) is 0 Å². The van der Waals surface area contributed by atoms with Crippen LogP contribution < -0.4 is 5.32 Å². The zero-order valence-electron chi connectivity index (χ0n) is 10.8. The molecule has 1 rings (SSSR count). The highest BCUT2D eigenvalue weighted by Gasteiger charge is 2.11. The highest BCUT2D eigenvalue weighted by molar-refractivity contribution is 7.99. The maximum absolute atomic E-state index is 5.47. The maximum Gasteiger partial charge on any atom is 0.0701 e. The highest BCUT2D eigenvalue weighted by Crippen LogP contribution is 2.16. The van der Waals surface area contributed by atoms with Crippen molar-refractivity contribution in [3.63, 3.8) is 0 Å². The van der Waals surface area contributed by atoms with Crippen molar-refractivity contribution < 1.29 is 14.2 Å². The van der Waals surface area contributed by atoms with Crippen LogP contribution >= 0.6 is 11.8 Å². The first-order valence-electron chi connectivity index (χ1n) is 6.39. The fourth-order valence-corrected chi connectivity index (χ4v) is 2.81. The minimum atomic E-state index is 0.651. The summed E-state index contributed by atoms with van der Waals surface area (Å²) in [6.07, 6.45) is 2.59. The molecule has 102 valence electrons. The molecule has 0 unspecified atom stereocenters. The molecule has 1 fully saturated rings. The van der Waals surface area contributed by atoms with Gasteiger partial charge in [0.25, 0.3) is 0 Å². The molecule has 0 amide bonds. The summed E-state index contributed by atoms with van der Waals surface area (Å²) in [6.45, 7) is 4.36. The Kier molecular flexibility index (Phi) is 10.1. The van der Waals surface area contributed by atoms with Crippen LogP contribution in [0.25, 0.3) is 0 Å². The summed E-state index contributed by atoms with van der Waals surface area (Å²) in [5.41, 5.74) is 0. The van der Waals surface area contributed by atoms with Crippen molar-refractivity contribution in [1.29, 1.82) is 0 Å². The second-order valence-corrected chi connectivity index (χ2v) is 5.28. The molecule has 1 aliphatic heterocycles. The van der Waals surface area contributed by atoms with Crippen LogP contribution in [0.15, 0.2) is 0 Å².